The van der Waals surface area contributed by atoms with Crippen LogP contribution in [0.2, 0.25) is 0 Å². The third-order valence-corrected chi connectivity index (χ3v) is 3.87. The summed E-state index contributed by atoms with van der Waals surface area (Å²) in [6.07, 6.45) is 1.60. The second-order valence-corrected chi connectivity index (χ2v) is 5.50. The van der Waals surface area contributed by atoms with Crippen LogP contribution in [0, 0.1) is 0 Å². The molecule has 0 bridgehead atoms. The first-order valence-corrected chi connectivity index (χ1v) is 8.02. The summed E-state index contributed by atoms with van der Waals surface area (Å²) in [6, 6.07) is 20.3. The molecular weight excluding hydrogens is 316 g/mol. The molecule has 0 spiro atoms. The molecular formula is C20H20N2O3. The monoisotopic (exact) mass is 336 g/mol. The molecule has 1 aromatic heterocycles. The number of ether oxygens (including phenoxy) is 1. The SMILES string of the molecule is COc1ccccc1CNC(=O)NC(c1ccccc1)c1ccco1. The Morgan fingerprint density at radius 1 is 1.04 bits per heavy atom. The van der Waals surface area contributed by atoms with Gasteiger partial charge in [-0.05, 0) is 23.8 Å². The number of amides is 2. The van der Waals surface area contributed by atoms with Crippen molar-refractivity contribution >= 4 is 6.03 Å². The van der Waals surface area contributed by atoms with Crippen molar-refractivity contribution in [3.63, 3.8) is 0 Å². The highest BCUT2D eigenvalue weighted by molar-refractivity contribution is 5.75. The number of carbonyl (C=O) groups is 1. The highest BCUT2D eigenvalue weighted by Crippen LogP contribution is 2.22. The number of furan rings is 1. The molecule has 5 heteroatoms. The first kappa shape index (κ1) is 16.6. The number of rotatable bonds is 6. The Bertz CT molecular complexity index is 801. The van der Waals surface area contributed by atoms with Gasteiger partial charge in [-0.1, -0.05) is 48.5 Å². The zero-order chi connectivity index (χ0) is 17.5. The van der Waals surface area contributed by atoms with Gasteiger partial charge in [0.2, 0.25) is 0 Å². The van der Waals surface area contributed by atoms with Crippen LogP contribution in [0.4, 0.5) is 4.79 Å². The average Bonchev–Trinajstić information content (AvgIpc) is 3.20. The van der Waals surface area contributed by atoms with E-state index in [1.165, 1.54) is 0 Å². The quantitative estimate of drug-likeness (QED) is 0.718. The van der Waals surface area contributed by atoms with E-state index in [1.807, 2.05) is 60.7 Å². The number of carbonyl (C=O) groups excluding carboxylic acids is 1. The Kier molecular flexibility index (Phi) is 5.36. The summed E-state index contributed by atoms with van der Waals surface area (Å²) in [5.74, 6) is 1.42. The molecule has 3 aromatic rings. The van der Waals surface area contributed by atoms with Crippen molar-refractivity contribution in [3.05, 3.63) is 89.9 Å². The van der Waals surface area contributed by atoms with Crippen LogP contribution in [0.5, 0.6) is 5.75 Å². The molecule has 0 aliphatic rings. The minimum absolute atomic E-state index is 0.281. The molecule has 0 saturated carbocycles. The van der Waals surface area contributed by atoms with Gasteiger partial charge in [0.25, 0.3) is 0 Å². The van der Waals surface area contributed by atoms with Crippen LogP contribution in [0.3, 0.4) is 0 Å². The lowest BCUT2D eigenvalue weighted by Gasteiger charge is -2.18. The highest BCUT2D eigenvalue weighted by Gasteiger charge is 2.19. The molecule has 2 N–H and O–H groups in total. The fraction of sp³-hybridized carbons (Fsp3) is 0.150. The summed E-state index contributed by atoms with van der Waals surface area (Å²) >= 11 is 0. The van der Waals surface area contributed by atoms with E-state index in [0.717, 1.165) is 16.9 Å². The van der Waals surface area contributed by atoms with Gasteiger partial charge >= 0.3 is 6.03 Å². The molecule has 128 valence electrons. The van der Waals surface area contributed by atoms with Gasteiger partial charge in [-0.2, -0.15) is 0 Å². The van der Waals surface area contributed by atoms with Crippen molar-refractivity contribution in [3.8, 4) is 5.75 Å². The third-order valence-electron chi connectivity index (χ3n) is 3.87. The minimum Gasteiger partial charge on any atom is -0.496 e. The molecule has 5 nitrogen and oxygen atoms in total. The van der Waals surface area contributed by atoms with Crippen LogP contribution in [-0.4, -0.2) is 13.1 Å². The van der Waals surface area contributed by atoms with Gasteiger partial charge in [-0.3, -0.25) is 0 Å². The second-order valence-electron chi connectivity index (χ2n) is 5.50. The van der Waals surface area contributed by atoms with Crippen LogP contribution in [0.25, 0.3) is 0 Å². The molecule has 25 heavy (non-hydrogen) atoms. The van der Waals surface area contributed by atoms with Crippen molar-refractivity contribution in [1.29, 1.82) is 0 Å². The van der Waals surface area contributed by atoms with E-state index in [1.54, 1.807) is 19.4 Å². The van der Waals surface area contributed by atoms with E-state index in [4.69, 9.17) is 9.15 Å². The number of benzene rings is 2. The molecule has 2 aromatic carbocycles. The Morgan fingerprint density at radius 2 is 1.80 bits per heavy atom. The van der Waals surface area contributed by atoms with Crippen LogP contribution >= 0.6 is 0 Å². The number of nitrogens with one attached hydrogen (secondary N) is 2. The molecule has 0 fully saturated rings. The molecule has 2 amide bonds. The number of hydrogen-bond donors (Lipinski definition) is 2. The summed E-state index contributed by atoms with van der Waals surface area (Å²) in [5, 5.41) is 5.82. The van der Waals surface area contributed by atoms with Crippen LogP contribution < -0.4 is 15.4 Å². The summed E-state index contributed by atoms with van der Waals surface area (Å²) in [5.41, 5.74) is 1.86. The second kappa shape index (κ2) is 8.06. The molecule has 1 heterocycles. The van der Waals surface area contributed by atoms with Crippen molar-refractivity contribution in [2.75, 3.05) is 7.11 Å². The lowest BCUT2D eigenvalue weighted by molar-refractivity contribution is 0.236. The van der Waals surface area contributed by atoms with Gasteiger partial charge in [0, 0.05) is 12.1 Å². The van der Waals surface area contributed by atoms with E-state index in [2.05, 4.69) is 10.6 Å². The zero-order valence-corrected chi connectivity index (χ0v) is 13.9. The van der Waals surface area contributed by atoms with E-state index in [9.17, 15) is 4.79 Å². The molecule has 1 atom stereocenters. The van der Waals surface area contributed by atoms with Crippen LogP contribution in [0.15, 0.2) is 77.4 Å². The Hall–Kier alpha value is -3.21. The average molecular weight is 336 g/mol. The van der Waals surface area contributed by atoms with Crippen molar-refractivity contribution in [2.24, 2.45) is 0 Å². The van der Waals surface area contributed by atoms with Gasteiger partial charge in [-0.25, -0.2) is 4.79 Å². The molecule has 0 aliphatic heterocycles. The number of hydrogen-bond acceptors (Lipinski definition) is 3. The summed E-state index contributed by atoms with van der Waals surface area (Å²) in [6.45, 7) is 0.371. The fourth-order valence-electron chi connectivity index (χ4n) is 2.63. The Labute approximate surface area is 146 Å². The largest absolute Gasteiger partial charge is 0.496 e. The normalized spacial score (nSPS) is 11.6. The minimum atomic E-state index is -0.353. The molecule has 0 saturated heterocycles. The van der Waals surface area contributed by atoms with Crippen LogP contribution in [0.1, 0.15) is 22.9 Å². The number of urea groups is 1. The van der Waals surface area contributed by atoms with E-state index in [0.29, 0.717) is 12.3 Å². The molecule has 3 rings (SSSR count). The van der Waals surface area contributed by atoms with Crippen molar-refractivity contribution < 1.29 is 13.9 Å². The third kappa shape index (κ3) is 4.20. The number of para-hydroxylation sites is 1. The topological polar surface area (TPSA) is 63.5 Å². The van der Waals surface area contributed by atoms with Crippen molar-refractivity contribution in [2.45, 2.75) is 12.6 Å². The van der Waals surface area contributed by atoms with Gasteiger partial charge in [0.15, 0.2) is 0 Å². The Balaban J connectivity index is 1.69. The zero-order valence-electron chi connectivity index (χ0n) is 13.9. The smallest absolute Gasteiger partial charge is 0.315 e. The lowest BCUT2D eigenvalue weighted by Crippen LogP contribution is -2.38. The van der Waals surface area contributed by atoms with Crippen molar-refractivity contribution in [1.82, 2.24) is 10.6 Å². The van der Waals surface area contributed by atoms with E-state index in [-0.39, 0.29) is 12.1 Å². The number of methoxy groups -OCH3 is 1. The predicted octanol–water partition coefficient (Wildman–Crippen LogP) is 3.88. The van der Waals surface area contributed by atoms with E-state index < -0.39 is 0 Å². The fourth-order valence-corrected chi connectivity index (χ4v) is 2.63. The van der Waals surface area contributed by atoms with Gasteiger partial charge < -0.3 is 19.8 Å². The van der Waals surface area contributed by atoms with Gasteiger partial charge in [-0.15, -0.1) is 0 Å². The maximum atomic E-state index is 12.4. The predicted molar refractivity (Wildman–Crippen MR) is 95.4 cm³/mol. The van der Waals surface area contributed by atoms with Crippen LogP contribution in [-0.2, 0) is 6.54 Å². The lowest BCUT2D eigenvalue weighted by atomic mass is 10.1. The highest BCUT2D eigenvalue weighted by atomic mass is 16.5. The molecule has 0 aliphatic carbocycles. The molecule has 1 unspecified atom stereocenters. The first-order valence-electron chi connectivity index (χ1n) is 8.02. The molecule has 0 radical (unpaired) electrons. The summed E-state index contributed by atoms with van der Waals surface area (Å²) in [4.78, 5) is 12.4. The Morgan fingerprint density at radius 3 is 2.52 bits per heavy atom. The van der Waals surface area contributed by atoms with Gasteiger partial charge in [0.1, 0.15) is 17.6 Å². The summed E-state index contributed by atoms with van der Waals surface area (Å²) < 4.78 is 10.8. The maximum Gasteiger partial charge on any atom is 0.315 e. The maximum absolute atomic E-state index is 12.4. The summed E-state index contributed by atoms with van der Waals surface area (Å²) in [7, 11) is 1.61. The van der Waals surface area contributed by atoms with Gasteiger partial charge in [0.05, 0.1) is 13.4 Å². The standard InChI is InChI=1S/C20H20N2O3/c1-24-17-11-6-5-10-16(17)14-21-20(23)22-19(18-12-7-13-25-18)15-8-3-2-4-9-15/h2-13,19H,14H2,1H3,(H2,21,22,23). The first-order chi connectivity index (χ1) is 12.3. The van der Waals surface area contributed by atoms with E-state index >= 15 is 0 Å².